The summed E-state index contributed by atoms with van der Waals surface area (Å²) in [5.41, 5.74) is 3.01. The van der Waals surface area contributed by atoms with Gasteiger partial charge in [-0.2, -0.15) is 0 Å². The van der Waals surface area contributed by atoms with E-state index >= 15 is 0 Å². The van der Waals surface area contributed by atoms with Crippen LogP contribution in [-0.2, 0) is 0 Å². The summed E-state index contributed by atoms with van der Waals surface area (Å²) < 4.78 is 2.07. The summed E-state index contributed by atoms with van der Waals surface area (Å²) >= 11 is 11.8. The predicted octanol–water partition coefficient (Wildman–Crippen LogP) is 5.10. The molecule has 2 atom stereocenters. The number of halogens is 1. The van der Waals surface area contributed by atoms with Crippen LogP contribution < -0.4 is 10.2 Å². The van der Waals surface area contributed by atoms with Gasteiger partial charge in [0.15, 0.2) is 5.11 Å². The molecular formula is C23H18ClN5S. The second-order valence-corrected chi connectivity index (χ2v) is 7.79. The van der Waals surface area contributed by atoms with Gasteiger partial charge in [-0.3, -0.25) is 4.98 Å². The summed E-state index contributed by atoms with van der Waals surface area (Å²) in [6.07, 6.45) is 5.47. The van der Waals surface area contributed by atoms with Crippen molar-refractivity contribution in [2.45, 2.75) is 12.1 Å². The number of para-hydroxylation sites is 1. The van der Waals surface area contributed by atoms with E-state index < -0.39 is 0 Å². The summed E-state index contributed by atoms with van der Waals surface area (Å²) in [7, 11) is 0. The highest BCUT2D eigenvalue weighted by molar-refractivity contribution is 7.80. The van der Waals surface area contributed by atoms with Crippen LogP contribution >= 0.6 is 23.8 Å². The van der Waals surface area contributed by atoms with Crippen LogP contribution in [0.1, 0.15) is 23.5 Å². The highest BCUT2D eigenvalue weighted by Crippen LogP contribution is 2.41. The van der Waals surface area contributed by atoms with Gasteiger partial charge in [0, 0.05) is 30.0 Å². The zero-order chi connectivity index (χ0) is 20.5. The summed E-state index contributed by atoms with van der Waals surface area (Å²) in [4.78, 5) is 11.3. The lowest BCUT2D eigenvalue weighted by molar-refractivity contribution is 0.548. The molecule has 3 aromatic heterocycles. The van der Waals surface area contributed by atoms with E-state index in [0.29, 0.717) is 10.1 Å². The molecule has 1 fully saturated rings. The van der Waals surface area contributed by atoms with E-state index in [1.807, 2.05) is 67.0 Å². The highest BCUT2D eigenvalue weighted by atomic mass is 35.5. The summed E-state index contributed by atoms with van der Waals surface area (Å²) in [5, 5.41) is 4.76. The van der Waals surface area contributed by atoms with Gasteiger partial charge in [0.05, 0.1) is 16.8 Å². The molecule has 5 nitrogen and oxygen atoms in total. The molecule has 0 radical (unpaired) electrons. The maximum absolute atomic E-state index is 6.05. The molecule has 148 valence electrons. The molecule has 7 heteroatoms. The van der Waals surface area contributed by atoms with Gasteiger partial charge >= 0.3 is 0 Å². The molecule has 0 unspecified atom stereocenters. The van der Waals surface area contributed by atoms with Crippen molar-refractivity contribution in [3.05, 3.63) is 108 Å². The van der Waals surface area contributed by atoms with Crippen molar-refractivity contribution in [2.24, 2.45) is 0 Å². The SMILES string of the molecule is S=C1N[C@H](c2ccccn2)[C@H](c2cccn2-c2ccc(Cl)cn2)N1c1ccccc1. The van der Waals surface area contributed by atoms with Gasteiger partial charge in [0.1, 0.15) is 11.9 Å². The molecule has 0 spiro atoms. The average Bonchev–Trinajstić information content (AvgIpc) is 3.40. The summed E-state index contributed by atoms with van der Waals surface area (Å²) in [6, 6.07) is 23.8. The van der Waals surface area contributed by atoms with E-state index in [1.165, 1.54) is 0 Å². The van der Waals surface area contributed by atoms with E-state index in [9.17, 15) is 0 Å². The first kappa shape index (κ1) is 18.8. The quantitative estimate of drug-likeness (QED) is 0.455. The van der Waals surface area contributed by atoms with Crippen LogP contribution in [0.2, 0.25) is 5.02 Å². The van der Waals surface area contributed by atoms with Crippen LogP contribution in [0, 0.1) is 0 Å². The number of rotatable bonds is 4. The van der Waals surface area contributed by atoms with Crippen LogP contribution in [-0.4, -0.2) is 19.6 Å². The Balaban J connectivity index is 1.66. The molecule has 4 aromatic rings. The maximum Gasteiger partial charge on any atom is 0.174 e. The van der Waals surface area contributed by atoms with Gasteiger partial charge in [0.2, 0.25) is 0 Å². The number of hydrogen-bond acceptors (Lipinski definition) is 3. The molecule has 4 heterocycles. The van der Waals surface area contributed by atoms with Crippen LogP contribution in [0.3, 0.4) is 0 Å². The molecule has 5 rings (SSSR count). The minimum absolute atomic E-state index is 0.109. The van der Waals surface area contributed by atoms with Crippen molar-refractivity contribution in [3.63, 3.8) is 0 Å². The van der Waals surface area contributed by atoms with Gasteiger partial charge in [0.25, 0.3) is 0 Å². The van der Waals surface area contributed by atoms with Crippen molar-refractivity contribution in [1.82, 2.24) is 19.9 Å². The Hall–Kier alpha value is -3.22. The van der Waals surface area contributed by atoms with Crippen molar-refractivity contribution in [3.8, 4) is 5.82 Å². The zero-order valence-electron chi connectivity index (χ0n) is 15.9. The first-order valence-corrected chi connectivity index (χ1v) is 10.4. The molecule has 0 aliphatic carbocycles. The molecule has 1 aliphatic heterocycles. The normalized spacial score (nSPS) is 18.4. The molecule has 1 saturated heterocycles. The Morgan fingerprint density at radius 2 is 1.73 bits per heavy atom. The van der Waals surface area contributed by atoms with Gasteiger partial charge < -0.3 is 14.8 Å². The van der Waals surface area contributed by atoms with E-state index in [-0.39, 0.29) is 12.1 Å². The molecule has 0 bridgehead atoms. The fraction of sp³-hybridized carbons (Fsp3) is 0.0870. The van der Waals surface area contributed by atoms with Crippen LogP contribution in [0.15, 0.2) is 91.4 Å². The zero-order valence-corrected chi connectivity index (χ0v) is 17.5. The lowest BCUT2D eigenvalue weighted by Gasteiger charge is -2.28. The minimum atomic E-state index is -0.111. The topological polar surface area (TPSA) is 46.0 Å². The maximum atomic E-state index is 6.05. The van der Waals surface area contributed by atoms with Gasteiger partial charge in [-0.25, -0.2) is 4.98 Å². The molecule has 0 saturated carbocycles. The molecular weight excluding hydrogens is 414 g/mol. The lowest BCUT2D eigenvalue weighted by atomic mass is 10.0. The second-order valence-electron chi connectivity index (χ2n) is 6.97. The standard InChI is InChI=1S/C23H18ClN5S/c24-16-11-12-20(26-15-16)28-14-6-10-19(28)22-21(18-9-4-5-13-25-18)27-23(30)29(22)17-7-2-1-3-8-17/h1-15,21-22H,(H,27,30)/t21-,22+/m1/s1. The summed E-state index contributed by atoms with van der Waals surface area (Å²) in [6.45, 7) is 0. The number of pyridine rings is 2. The van der Waals surface area contributed by atoms with Crippen LogP contribution in [0.25, 0.3) is 5.82 Å². The van der Waals surface area contributed by atoms with Crippen molar-refractivity contribution in [1.29, 1.82) is 0 Å². The third kappa shape index (κ3) is 3.34. The van der Waals surface area contributed by atoms with Crippen molar-refractivity contribution in [2.75, 3.05) is 4.90 Å². The number of nitrogens with one attached hydrogen (secondary N) is 1. The number of nitrogens with zero attached hydrogens (tertiary/aromatic N) is 4. The third-order valence-corrected chi connectivity index (χ3v) is 5.71. The Bertz CT molecular complexity index is 1160. The number of anilines is 1. The monoisotopic (exact) mass is 431 g/mol. The van der Waals surface area contributed by atoms with Gasteiger partial charge in [-0.15, -0.1) is 0 Å². The number of aromatic nitrogens is 3. The fourth-order valence-electron chi connectivity index (χ4n) is 3.88. The third-order valence-electron chi connectivity index (χ3n) is 5.17. The Labute approximate surface area is 185 Å². The molecule has 30 heavy (non-hydrogen) atoms. The molecule has 1 aromatic carbocycles. The Kier molecular flexibility index (Phi) is 4.94. The lowest BCUT2D eigenvalue weighted by Crippen LogP contribution is -2.30. The van der Waals surface area contributed by atoms with Crippen molar-refractivity contribution < 1.29 is 0 Å². The summed E-state index contributed by atoms with van der Waals surface area (Å²) in [5.74, 6) is 0.796. The van der Waals surface area contributed by atoms with E-state index in [2.05, 4.69) is 43.0 Å². The largest absolute Gasteiger partial charge is 0.351 e. The van der Waals surface area contributed by atoms with Gasteiger partial charge in [-0.1, -0.05) is 35.9 Å². The number of thiocarbonyl (C=S) groups is 1. The minimum Gasteiger partial charge on any atom is -0.351 e. The first-order chi connectivity index (χ1) is 14.7. The smallest absolute Gasteiger partial charge is 0.174 e. The van der Waals surface area contributed by atoms with E-state index in [0.717, 1.165) is 22.9 Å². The predicted molar refractivity (Wildman–Crippen MR) is 123 cm³/mol. The van der Waals surface area contributed by atoms with Gasteiger partial charge in [-0.05, 0) is 60.7 Å². The Morgan fingerprint density at radius 1 is 0.900 bits per heavy atom. The van der Waals surface area contributed by atoms with E-state index in [1.54, 1.807) is 6.20 Å². The Morgan fingerprint density at radius 3 is 2.47 bits per heavy atom. The van der Waals surface area contributed by atoms with E-state index in [4.69, 9.17) is 23.8 Å². The molecule has 0 amide bonds. The average molecular weight is 432 g/mol. The number of hydrogen-bond donors (Lipinski definition) is 1. The molecule has 1 N–H and O–H groups in total. The van der Waals surface area contributed by atoms with Crippen LogP contribution in [0.4, 0.5) is 5.69 Å². The van der Waals surface area contributed by atoms with Crippen molar-refractivity contribution >= 4 is 34.6 Å². The fourth-order valence-corrected chi connectivity index (χ4v) is 4.33. The highest BCUT2D eigenvalue weighted by Gasteiger charge is 2.42. The van der Waals surface area contributed by atoms with Crippen LogP contribution in [0.5, 0.6) is 0 Å². The molecule has 1 aliphatic rings. The first-order valence-electron chi connectivity index (χ1n) is 9.57. The number of benzene rings is 1. The second kappa shape index (κ2) is 7.89.